The lowest BCUT2D eigenvalue weighted by Crippen LogP contribution is -2.74. The second kappa shape index (κ2) is 14.1. The Morgan fingerprint density at radius 1 is 1.03 bits per heavy atom. The lowest BCUT2D eigenvalue weighted by molar-refractivity contribution is -0.327. The number of carboxylic acid groups (broad SMARTS) is 1. The van der Waals surface area contributed by atoms with E-state index in [1.165, 1.54) is 32.1 Å². The third kappa shape index (κ3) is 5.90. The van der Waals surface area contributed by atoms with E-state index in [1.54, 1.807) is 11.3 Å². The molecule has 10 rings (SSSR count). The van der Waals surface area contributed by atoms with E-state index in [0.717, 1.165) is 121 Å². The van der Waals surface area contributed by atoms with Gasteiger partial charge in [0.05, 0.1) is 28.6 Å². The average Bonchev–Trinajstić information content (AvgIpc) is 3.96. The maximum atomic E-state index is 12.9. The zero-order chi connectivity index (χ0) is 40.0. The monoisotopic (exact) mass is 801 g/mol. The Morgan fingerprint density at radius 2 is 1.81 bits per heavy atom. The van der Waals surface area contributed by atoms with Crippen LogP contribution < -0.4 is 10.2 Å². The molecule has 2 unspecified atom stereocenters. The third-order valence-corrected chi connectivity index (χ3v) is 16.2. The summed E-state index contributed by atoms with van der Waals surface area (Å²) >= 11 is 1.58. The maximum Gasteiger partial charge on any atom is 0.355 e. The molecule has 0 amide bonds. The van der Waals surface area contributed by atoms with Gasteiger partial charge in [-0.25, -0.2) is 19.8 Å². The number of aliphatic imine (C=N–C) groups is 1. The zero-order valence-electron chi connectivity index (χ0n) is 34.3. The van der Waals surface area contributed by atoms with Crippen LogP contribution in [-0.2, 0) is 11.3 Å². The molecule has 2 bridgehead atoms. The number of pyridine rings is 1. The van der Waals surface area contributed by atoms with Gasteiger partial charge >= 0.3 is 5.97 Å². The summed E-state index contributed by atoms with van der Waals surface area (Å²) in [4.78, 5) is 33.9. The number of nitrogens with one attached hydrogen (secondary N) is 1. The number of carbonyl (C=O) groups is 1. The predicted molar refractivity (Wildman–Crippen MR) is 229 cm³/mol. The number of hydrogen-bond acceptors (Lipinski definition) is 11. The van der Waals surface area contributed by atoms with Crippen LogP contribution in [0.2, 0.25) is 0 Å². The normalized spacial score (nSPS) is 29.6. The number of carboxylic acids is 1. The third-order valence-electron chi connectivity index (χ3n) is 15.2. The largest absolute Gasteiger partial charge is 0.476 e. The van der Waals surface area contributed by atoms with Crippen molar-refractivity contribution in [1.29, 1.82) is 0 Å². The molecular formula is C45H55N9O3S. The summed E-state index contributed by atoms with van der Waals surface area (Å²) in [5.74, 6) is 1.76. The fraction of sp³-hybridized carbons (Fsp3) is 0.533. The summed E-state index contributed by atoms with van der Waals surface area (Å²) < 4.78 is 10.1. The van der Waals surface area contributed by atoms with Gasteiger partial charge in [-0.15, -0.1) is 0 Å². The number of allylic oxidation sites excluding steroid dienone is 3. The Balaban J connectivity index is 0.853. The van der Waals surface area contributed by atoms with E-state index in [-0.39, 0.29) is 16.7 Å². The predicted octanol–water partition coefficient (Wildman–Crippen LogP) is 7.69. The molecule has 3 aromatic heterocycles. The van der Waals surface area contributed by atoms with Crippen molar-refractivity contribution >= 4 is 45.2 Å². The van der Waals surface area contributed by atoms with E-state index in [4.69, 9.17) is 19.8 Å². The summed E-state index contributed by atoms with van der Waals surface area (Å²) in [5.41, 5.74) is 7.26. The number of para-hydroxylation sites is 1. The second-order valence-corrected chi connectivity index (χ2v) is 19.2. The van der Waals surface area contributed by atoms with Crippen LogP contribution in [0.15, 0.2) is 70.3 Å². The smallest absolute Gasteiger partial charge is 0.355 e. The molecule has 4 aromatic rings. The van der Waals surface area contributed by atoms with E-state index in [2.05, 4.69) is 70.3 Å². The van der Waals surface area contributed by atoms with E-state index in [9.17, 15) is 9.90 Å². The number of piperazine rings is 1. The number of aromatic nitrogens is 4. The van der Waals surface area contributed by atoms with Gasteiger partial charge in [0.2, 0.25) is 0 Å². The van der Waals surface area contributed by atoms with Crippen LogP contribution in [0.3, 0.4) is 0 Å². The molecule has 4 saturated carbocycles. The molecule has 2 aliphatic heterocycles. The van der Waals surface area contributed by atoms with Gasteiger partial charge in [-0.3, -0.25) is 9.58 Å². The molecule has 2 atom stereocenters. The van der Waals surface area contributed by atoms with Gasteiger partial charge in [0.25, 0.3) is 0 Å². The Kier molecular flexibility index (Phi) is 9.19. The number of thiazole rings is 1. The number of fused-ring (bicyclic) bond motifs is 2. The molecule has 58 heavy (non-hydrogen) atoms. The molecule has 1 aromatic carbocycles. The van der Waals surface area contributed by atoms with Crippen molar-refractivity contribution in [2.75, 3.05) is 63.1 Å². The summed E-state index contributed by atoms with van der Waals surface area (Å²) in [7, 11) is 2.21. The summed E-state index contributed by atoms with van der Waals surface area (Å²) in [6.45, 7) is 18.2. The Labute approximate surface area is 344 Å². The fourth-order valence-corrected chi connectivity index (χ4v) is 13.3. The lowest BCUT2D eigenvalue weighted by Gasteiger charge is -2.73. The molecule has 0 radical (unpaired) electrons. The van der Waals surface area contributed by atoms with Gasteiger partial charge in [0, 0.05) is 73.7 Å². The number of nitrogens with zero attached hydrogens (tertiary/aromatic N) is 8. The van der Waals surface area contributed by atoms with Crippen LogP contribution >= 0.6 is 11.3 Å². The van der Waals surface area contributed by atoms with Gasteiger partial charge in [-0.1, -0.05) is 23.5 Å². The van der Waals surface area contributed by atoms with Crippen LogP contribution in [0.4, 0.5) is 10.9 Å². The number of benzene rings is 1. The second-order valence-electron chi connectivity index (χ2n) is 18.1. The first-order valence-corrected chi connectivity index (χ1v) is 21.9. The number of hydrogen-bond donors (Lipinski definition) is 2. The van der Waals surface area contributed by atoms with E-state index >= 15 is 0 Å². The van der Waals surface area contributed by atoms with Gasteiger partial charge in [0.1, 0.15) is 11.6 Å². The zero-order valence-corrected chi connectivity index (χ0v) is 35.1. The van der Waals surface area contributed by atoms with Crippen molar-refractivity contribution < 1.29 is 14.6 Å². The molecule has 304 valence electrons. The standard InChI is InChI=1S/C45H55N9O3S/c1-28(40(46-4)50-42-48-36-10-6-7-11-37(36)58-42)33-9-8-14-53(29(33)2)38-13-12-34(39(49-38)41(55)56)35-25-47-54(30(35)3)27-43-21-31-23-44(24-32(22-43)45(31,44)26-43)57-20-19-52-17-15-51(5)16-18-52/h6-7,10-13,25,31-32H,4,8-9,14-24,26-27H2,1-3,5H3,(H,48,50)(H,55,56)/b40-28+. The van der Waals surface area contributed by atoms with Crippen molar-refractivity contribution in [1.82, 2.24) is 29.5 Å². The highest BCUT2D eigenvalue weighted by Crippen LogP contribution is 2.87. The molecule has 13 heteroatoms. The minimum atomic E-state index is -1.04. The molecule has 4 aliphatic carbocycles. The Morgan fingerprint density at radius 3 is 2.55 bits per heavy atom. The summed E-state index contributed by atoms with van der Waals surface area (Å²) in [6.07, 6.45) is 9.78. The molecular weight excluding hydrogens is 747 g/mol. The van der Waals surface area contributed by atoms with Gasteiger partial charge < -0.3 is 25.0 Å². The van der Waals surface area contributed by atoms with Gasteiger partial charge in [-0.2, -0.15) is 5.10 Å². The first kappa shape index (κ1) is 37.8. The SMILES string of the molecule is C=N/C(Nc1nc2ccccc2s1)=C(/C)C1=C(C)N(c2ccc(-c3cnn(CC45CC6CC7(OCCN8CCN(C)CC8)CC(C4)C67C5)c3C)c(C(=O)O)n2)CCC1. The Bertz CT molecular complexity index is 2320. The first-order valence-electron chi connectivity index (χ1n) is 21.1. The molecule has 1 saturated heterocycles. The average molecular weight is 802 g/mol. The maximum absolute atomic E-state index is 12.9. The lowest BCUT2D eigenvalue weighted by atomic mass is 9.35. The van der Waals surface area contributed by atoms with E-state index < -0.39 is 5.97 Å². The highest BCUT2D eigenvalue weighted by molar-refractivity contribution is 7.22. The quantitative estimate of drug-likeness (QED) is 0.130. The van der Waals surface area contributed by atoms with E-state index in [0.29, 0.717) is 22.6 Å². The fourth-order valence-electron chi connectivity index (χ4n) is 12.4. The number of aromatic carboxylic acids is 1. The van der Waals surface area contributed by atoms with E-state index in [1.807, 2.05) is 36.5 Å². The van der Waals surface area contributed by atoms with Crippen LogP contribution in [0.5, 0.6) is 0 Å². The summed E-state index contributed by atoms with van der Waals surface area (Å²) in [6, 6.07) is 11.9. The van der Waals surface area contributed by atoms with Crippen LogP contribution in [0, 0.1) is 29.6 Å². The van der Waals surface area contributed by atoms with Crippen molar-refractivity contribution in [2.24, 2.45) is 27.7 Å². The van der Waals surface area contributed by atoms with Crippen molar-refractivity contribution in [3.8, 4) is 11.1 Å². The highest BCUT2D eigenvalue weighted by Gasteiger charge is 2.85. The van der Waals surface area contributed by atoms with Crippen molar-refractivity contribution in [2.45, 2.75) is 77.9 Å². The molecule has 12 nitrogen and oxygen atoms in total. The van der Waals surface area contributed by atoms with Crippen LogP contribution in [0.1, 0.15) is 75.0 Å². The first-order chi connectivity index (χ1) is 28.0. The van der Waals surface area contributed by atoms with Crippen LogP contribution in [0.25, 0.3) is 21.3 Å². The Hall–Kier alpha value is -4.43. The van der Waals surface area contributed by atoms with Gasteiger partial charge in [-0.05, 0) is 132 Å². The molecule has 5 heterocycles. The van der Waals surface area contributed by atoms with Crippen molar-refractivity contribution in [3.63, 3.8) is 0 Å². The topological polar surface area (TPSA) is 124 Å². The van der Waals surface area contributed by atoms with Crippen LogP contribution in [-0.4, -0.2) is 106 Å². The minimum absolute atomic E-state index is 0.0478. The molecule has 5 fully saturated rings. The highest BCUT2D eigenvalue weighted by atomic mass is 32.1. The molecule has 1 spiro atoms. The number of rotatable bonds is 13. The molecule has 6 aliphatic rings. The summed E-state index contributed by atoms with van der Waals surface area (Å²) in [5, 5.41) is 19.7. The minimum Gasteiger partial charge on any atom is -0.476 e. The molecule has 2 N–H and O–H groups in total. The van der Waals surface area contributed by atoms with Crippen molar-refractivity contribution in [3.05, 3.63) is 76.6 Å². The number of likely N-dealkylation sites (N-methyl/N-ethyl adjacent to an activating group) is 1. The van der Waals surface area contributed by atoms with Gasteiger partial charge in [0.15, 0.2) is 10.8 Å². The number of ether oxygens (including phenoxy) is 1. The number of anilines is 2.